The lowest BCUT2D eigenvalue weighted by Crippen LogP contribution is -2.38. The minimum absolute atomic E-state index is 0.104. The van der Waals surface area contributed by atoms with Gasteiger partial charge in [-0.2, -0.15) is 0 Å². The maximum atomic E-state index is 9.61. The third-order valence-electron chi connectivity index (χ3n) is 5.59. The molecule has 2 fully saturated rings. The van der Waals surface area contributed by atoms with Crippen LogP contribution in [0.2, 0.25) is 0 Å². The molecule has 0 bridgehead atoms. The number of nitrogens with zero attached hydrogens (tertiary/aromatic N) is 1. The van der Waals surface area contributed by atoms with Gasteiger partial charge in [-0.25, -0.2) is 0 Å². The Morgan fingerprint density at radius 1 is 1.05 bits per heavy atom. The van der Waals surface area contributed by atoms with E-state index in [1.54, 1.807) is 0 Å². The van der Waals surface area contributed by atoms with E-state index >= 15 is 0 Å². The number of nitrogens with one attached hydrogen (secondary N) is 1. The van der Waals surface area contributed by atoms with Crippen LogP contribution in [0.25, 0.3) is 0 Å². The summed E-state index contributed by atoms with van der Waals surface area (Å²) in [5.41, 5.74) is 2.65. The first-order chi connectivity index (χ1) is 10.6. The molecule has 0 amide bonds. The highest BCUT2D eigenvalue weighted by Crippen LogP contribution is 2.31. The maximum Gasteiger partial charge on any atom is 0.0574 e. The lowest BCUT2D eigenvalue weighted by atomic mass is 9.80. The molecule has 0 spiro atoms. The third kappa shape index (κ3) is 3.64. The van der Waals surface area contributed by atoms with Crippen LogP contribution in [0.4, 0.5) is 5.69 Å². The average Bonchev–Trinajstić information content (AvgIpc) is 2.46. The molecule has 1 saturated heterocycles. The molecule has 2 atom stereocenters. The average molecular weight is 302 g/mol. The summed E-state index contributed by atoms with van der Waals surface area (Å²) in [6, 6.07) is 10.0. The molecule has 2 N–H and O–H groups in total. The van der Waals surface area contributed by atoms with Gasteiger partial charge in [0.2, 0.25) is 0 Å². The molecule has 3 heteroatoms. The fourth-order valence-corrected chi connectivity index (χ4v) is 3.66. The Balaban J connectivity index is 1.56. The zero-order valence-electron chi connectivity index (χ0n) is 14.0. The Bertz CT molecular complexity index is 461. The molecule has 3 rings (SSSR count). The summed E-state index contributed by atoms with van der Waals surface area (Å²) in [6.07, 6.45) is 5.86. The lowest BCUT2D eigenvalue weighted by Gasteiger charge is -2.34. The Morgan fingerprint density at radius 3 is 2.23 bits per heavy atom. The number of hydrogen-bond donors (Lipinski definition) is 2. The molecule has 122 valence electrons. The van der Waals surface area contributed by atoms with Gasteiger partial charge in [0.1, 0.15) is 0 Å². The number of aliphatic hydroxyl groups is 1. The standard InChI is InChI=1S/C19H30N2O/c1-14(16-4-3-5-16)20-15(2)17-6-8-18(9-7-17)21-12-10-19(22)11-13-21/h6-9,14-16,19-20,22H,3-5,10-13H2,1-2H3. The monoisotopic (exact) mass is 302 g/mol. The van der Waals surface area contributed by atoms with Crippen LogP contribution >= 0.6 is 0 Å². The molecule has 1 aromatic rings. The van der Waals surface area contributed by atoms with Crippen LogP contribution in [0.15, 0.2) is 24.3 Å². The van der Waals surface area contributed by atoms with Crippen LogP contribution in [0.5, 0.6) is 0 Å². The Hall–Kier alpha value is -1.06. The summed E-state index contributed by atoms with van der Waals surface area (Å²) in [4.78, 5) is 2.38. The smallest absolute Gasteiger partial charge is 0.0574 e. The van der Waals surface area contributed by atoms with Crippen LogP contribution in [-0.2, 0) is 0 Å². The maximum absolute atomic E-state index is 9.61. The molecule has 22 heavy (non-hydrogen) atoms. The third-order valence-corrected chi connectivity index (χ3v) is 5.59. The normalized spacial score (nSPS) is 23.1. The van der Waals surface area contributed by atoms with E-state index in [2.05, 4.69) is 48.3 Å². The second kappa shape index (κ2) is 7.01. The number of anilines is 1. The summed E-state index contributed by atoms with van der Waals surface area (Å²) >= 11 is 0. The second-order valence-electron chi connectivity index (χ2n) is 7.18. The van der Waals surface area contributed by atoms with Gasteiger partial charge in [-0.3, -0.25) is 0 Å². The van der Waals surface area contributed by atoms with Crippen molar-refractivity contribution in [2.75, 3.05) is 18.0 Å². The van der Waals surface area contributed by atoms with Gasteiger partial charge in [0, 0.05) is 30.9 Å². The minimum atomic E-state index is -0.104. The van der Waals surface area contributed by atoms with E-state index in [0.29, 0.717) is 12.1 Å². The summed E-state index contributed by atoms with van der Waals surface area (Å²) in [5.74, 6) is 0.876. The quantitative estimate of drug-likeness (QED) is 0.874. The first-order valence-corrected chi connectivity index (χ1v) is 8.92. The van der Waals surface area contributed by atoms with Crippen molar-refractivity contribution in [2.45, 2.75) is 64.1 Å². The number of benzene rings is 1. The van der Waals surface area contributed by atoms with E-state index in [1.165, 1.54) is 30.5 Å². The lowest BCUT2D eigenvalue weighted by molar-refractivity contribution is 0.145. The first kappa shape index (κ1) is 15.8. The fraction of sp³-hybridized carbons (Fsp3) is 0.684. The SMILES string of the molecule is CC(NC(C)C1CCC1)c1ccc(N2CCC(O)CC2)cc1. The van der Waals surface area contributed by atoms with Crippen molar-refractivity contribution in [2.24, 2.45) is 5.92 Å². The number of rotatable bonds is 5. The van der Waals surface area contributed by atoms with Crippen molar-refractivity contribution in [1.82, 2.24) is 5.32 Å². The molecule has 2 unspecified atom stereocenters. The molecule has 3 nitrogen and oxygen atoms in total. The van der Waals surface area contributed by atoms with Crippen molar-refractivity contribution in [3.05, 3.63) is 29.8 Å². The van der Waals surface area contributed by atoms with Crippen LogP contribution in [0.1, 0.15) is 57.6 Å². The van der Waals surface area contributed by atoms with Gasteiger partial charge in [0.15, 0.2) is 0 Å². The van der Waals surface area contributed by atoms with Crippen molar-refractivity contribution < 1.29 is 5.11 Å². The molecule has 1 aromatic carbocycles. The van der Waals surface area contributed by atoms with E-state index in [4.69, 9.17) is 0 Å². The number of piperidine rings is 1. The van der Waals surface area contributed by atoms with Crippen LogP contribution in [0, 0.1) is 5.92 Å². The van der Waals surface area contributed by atoms with E-state index < -0.39 is 0 Å². The molecule has 0 aromatic heterocycles. The highest BCUT2D eigenvalue weighted by atomic mass is 16.3. The predicted molar refractivity (Wildman–Crippen MR) is 92.2 cm³/mol. The van der Waals surface area contributed by atoms with Gasteiger partial charge in [-0.1, -0.05) is 18.6 Å². The number of aliphatic hydroxyl groups excluding tert-OH is 1. The molecule has 1 aliphatic heterocycles. The second-order valence-corrected chi connectivity index (χ2v) is 7.18. The van der Waals surface area contributed by atoms with Gasteiger partial charge < -0.3 is 15.3 Å². The Morgan fingerprint density at radius 2 is 1.68 bits per heavy atom. The topological polar surface area (TPSA) is 35.5 Å². The van der Waals surface area contributed by atoms with Crippen LogP contribution < -0.4 is 10.2 Å². The summed E-state index contributed by atoms with van der Waals surface area (Å²) in [5, 5.41) is 13.4. The van der Waals surface area contributed by atoms with Gasteiger partial charge in [-0.05, 0) is 63.1 Å². The van der Waals surface area contributed by atoms with E-state index in [1.807, 2.05) is 0 Å². The Labute approximate surface area is 134 Å². The van der Waals surface area contributed by atoms with Crippen molar-refractivity contribution >= 4 is 5.69 Å². The number of hydrogen-bond acceptors (Lipinski definition) is 3. The highest BCUT2D eigenvalue weighted by molar-refractivity contribution is 5.48. The van der Waals surface area contributed by atoms with Crippen LogP contribution in [-0.4, -0.2) is 30.3 Å². The molecular weight excluding hydrogens is 272 g/mol. The van der Waals surface area contributed by atoms with Crippen LogP contribution in [0.3, 0.4) is 0 Å². The summed E-state index contributed by atoms with van der Waals surface area (Å²) < 4.78 is 0. The molecule has 2 aliphatic rings. The van der Waals surface area contributed by atoms with E-state index in [-0.39, 0.29) is 6.10 Å². The van der Waals surface area contributed by atoms with Gasteiger partial charge in [0.25, 0.3) is 0 Å². The van der Waals surface area contributed by atoms with Gasteiger partial charge >= 0.3 is 0 Å². The van der Waals surface area contributed by atoms with E-state index in [0.717, 1.165) is 31.8 Å². The van der Waals surface area contributed by atoms with Crippen molar-refractivity contribution in [1.29, 1.82) is 0 Å². The largest absolute Gasteiger partial charge is 0.393 e. The fourth-order valence-electron chi connectivity index (χ4n) is 3.66. The summed E-state index contributed by atoms with van der Waals surface area (Å²) in [7, 11) is 0. The van der Waals surface area contributed by atoms with Crippen molar-refractivity contribution in [3.8, 4) is 0 Å². The Kier molecular flexibility index (Phi) is 5.04. The predicted octanol–water partition coefficient (Wildman–Crippen LogP) is 3.49. The molecular formula is C19H30N2O. The van der Waals surface area contributed by atoms with Gasteiger partial charge in [0.05, 0.1) is 6.10 Å². The molecule has 1 saturated carbocycles. The minimum Gasteiger partial charge on any atom is -0.393 e. The van der Waals surface area contributed by atoms with E-state index in [9.17, 15) is 5.11 Å². The zero-order chi connectivity index (χ0) is 15.5. The highest BCUT2D eigenvalue weighted by Gasteiger charge is 2.25. The van der Waals surface area contributed by atoms with Crippen molar-refractivity contribution in [3.63, 3.8) is 0 Å². The first-order valence-electron chi connectivity index (χ1n) is 8.92. The van der Waals surface area contributed by atoms with Gasteiger partial charge in [-0.15, -0.1) is 0 Å². The summed E-state index contributed by atoms with van der Waals surface area (Å²) in [6.45, 7) is 6.52. The molecule has 0 radical (unpaired) electrons. The molecule has 1 aliphatic carbocycles. The zero-order valence-corrected chi connectivity index (χ0v) is 14.0. The molecule has 1 heterocycles.